The minimum Gasteiger partial charge on any atom is -0.480 e. The molecule has 1 amide bonds. The van der Waals surface area contributed by atoms with E-state index in [0.717, 1.165) is 10.9 Å². The molecule has 94 valence electrons. The molecule has 0 saturated heterocycles. The van der Waals surface area contributed by atoms with Gasteiger partial charge >= 0.3 is 0 Å². The van der Waals surface area contributed by atoms with Gasteiger partial charge in [0.05, 0.1) is 12.6 Å². The summed E-state index contributed by atoms with van der Waals surface area (Å²) in [5.41, 5.74) is 1.15. The van der Waals surface area contributed by atoms with Crippen molar-refractivity contribution in [2.24, 2.45) is 0 Å². The Labute approximate surface area is 110 Å². The molecule has 1 N–H and O–H groups in total. The van der Waals surface area contributed by atoms with E-state index in [-0.39, 0.29) is 5.91 Å². The molecule has 0 fully saturated rings. The fraction of sp³-hybridized carbons (Fsp3) is 0.231. The number of aromatic nitrogens is 1. The van der Waals surface area contributed by atoms with Crippen molar-refractivity contribution in [1.82, 2.24) is 10.3 Å². The molecule has 4 nitrogen and oxygen atoms in total. The van der Waals surface area contributed by atoms with Gasteiger partial charge in [-0.05, 0) is 31.2 Å². The van der Waals surface area contributed by atoms with Crippen LogP contribution in [0.15, 0.2) is 24.3 Å². The van der Waals surface area contributed by atoms with Crippen molar-refractivity contribution in [2.75, 3.05) is 13.7 Å². The first kappa shape index (κ1) is 12.6. The normalized spacial score (nSPS) is 10.4. The maximum atomic E-state index is 11.9. The molecule has 0 aliphatic carbocycles. The van der Waals surface area contributed by atoms with Gasteiger partial charge in [0.15, 0.2) is 0 Å². The Kier molecular flexibility index (Phi) is 3.67. The second-order valence-corrected chi connectivity index (χ2v) is 4.18. The Hall–Kier alpha value is -1.81. The molecule has 18 heavy (non-hydrogen) atoms. The number of rotatable bonds is 3. The highest BCUT2D eigenvalue weighted by molar-refractivity contribution is 6.31. The standard InChI is InChI=1S/C13H13ClN2O2/c1-3-15-12(17)10-7-8-6-9(14)4-5-11(8)16-13(10)18-2/h4-7H,3H2,1-2H3,(H,15,17). The zero-order valence-electron chi connectivity index (χ0n) is 10.2. The van der Waals surface area contributed by atoms with Gasteiger partial charge in [-0.3, -0.25) is 4.79 Å². The van der Waals surface area contributed by atoms with Crippen LogP contribution in [-0.4, -0.2) is 24.5 Å². The molecule has 1 aromatic heterocycles. The third kappa shape index (κ3) is 2.38. The van der Waals surface area contributed by atoms with Crippen molar-refractivity contribution in [2.45, 2.75) is 6.92 Å². The van der Waals surface area contributed by atoms with E-state index in [1.165, 1.54) is 7.11 Å². The summed E-state index contributed by atoms with van der Waals surface area (Å²) < 4.78 is 5.15. The number of ether oxygens (including phenoxy) is 1. The zero-order valence-corrected chi connectivity index (χ0v) is 10.9. The van der Waals surface area contributed by atoms with E-state index in [1.54, 1.807) is 24.3 Å². The number of nitrogens with zero attached hydrogens (tertiary/aromatic N) is 1. The van der Waals surface area contributed by atoms with Gasteiger partial charge in [0.25, 0.3) is 5.91 Å². The molecule has 2 rings (SSSR count). The maximum Gasteiger partial charge on any atom is 0.256 e. The van der Waals surface area contributed by atoms with E-state index in [1.807, 2.05) is 6.92 Å². The molecular weight excluding hydrogens is 252 g/mol. The van der Waals surface area contributed by atoms with Crippen molar-refractivity contribution in [3.05, 3.63) is 34.9 Å². The van der Waals surface area contributed by atoms with Gasteiger partial charge in [0, 0.05) is 17.0 Å². The summed E-state index contributed by atoms with van der Waals surface area (Å²) in [6, 6.07) is 7.05. The van der Waals surface area contributed by atoms with Crippen LogP contribution in [0.4, 0.5) is 0 Å². The number of hydrogen-bond acceptors (Lipinski definition) is 3. The third-order valence-electron chi connectivity index (χ3n) is 2.52. The van der Waals surface area contributed by atoms with Crippen LogP contribution >= 0.6 is 11.6 Å². The highest BCUT2D eigenvalue weighted by Crippen LogP contribution is 2.24. The van der Waals surface area contributed by atoms with Crippen molar-refractivity contribution in [3.63, 3.8) is 0 Å². The van der Waals surface area contributed by atoms with Gasteiger partial charge in [-0.2, -0.15) is 0 Å². The summed E-state index contributed by atoms with van der Waals surface area (Å²) in [7, 11) is 1.49. The summed E-state index contributed by atoms with van der Waals surface area (Å²) >= 11 is 5.93. The monoisotopic (exact) mass is 264 g/mol. The summed E-state index contributed by atoms with van der Waals surface area (Å²) in [5.74, 6) is 0.111. The number of fused-ring (bicyclic) bond motifs is 1. The lowest BCUT2D eigenvalue weighted by Gasteiger charge is -2.09. The lowest BCUT2D eigenvalue weighted by atomic mass is 10.1. The Bertz CT molecular complexity index is 599. The third-order valence-corrected chi connectivity index (χ3v) is 2.75. The van der Waals surface area contributed by atoms with E-state index >= 15 is 0 Å². The van der Waals surface area contributed by atoms with Crippen LogP contribution in [0.1, 0.15) is 17.3 Å². The average Bonchev–Trinajstić information content (AvgIpc) is 2.37. The molecule has 5 heteroatoms. The van der Waals surface area contributed by atoms with Crippen LogP contribution in [-0.2, 0) is 0 Å². The molecule has 1 heterocycles. The minimum absolute atomic E-state index is 0.205. The van der Waals surface area contributed by atoms with Crippen LogP contribution in [0.5, 0.6) is 5.88 Å². The topological polar surface area (TPSA) is 51.2 Å². The van der Waals surface area contributed by atoms with Crippen LogP contribution in [0.25, 0.3) is 10.9 Å². The van der Waals surface area contributed by atoms with Gasteiger partial charge in [-0.1, -0.05) is 11.6 Å². The number of amides is 1. The number of carbonyl (C=O) groups is 1. The summed E-state index contributed by atoms with van der Waals surface area (Å²) in [5, 5.41) is 4.14. The fourth-order valence-electron chi connectivity index (χ4n) is 1.70. The highest BCUT2D eigenvalue weighted by Gasteiger charge is 2.14. The SMILES string of the molecule is CCNC(=O)c1cc2cc(Cl)ccc2nc1OC. The van der Waals surface area contributed by atoms with E-state index in [9.17, 15) is 4.79 Å². The maximum absolute atomic E-state index is 11.9. The fourth-order valence-corrected chi connectivity index (χ4v) is 1.88. The zero-order chi connectivity index (χ0) is 13.1. The first-order chi connectivity index (χ1) is 8.65. The molecule has 2 aromatic rings. The lowest BCUT2D eigenvalue weighted by Crippen LogP contribution is -2.23. The van der Waals surface area contributed by atoms with E-state index in [0.29, 0.717) is 23.0 Å². The first-order valence-corrected chi connectivity index (χ1v) is 5.96. The first-order valence-electron chi connectivity index (χ1n) is 5.58. The van der Waals surface area contributed by atoms with Crippen molar-refractivity contribution >= 4 is 28.4 Å². The smallest absolute Gasteiger partial charge is 0.256 e. The number of methoxy groups -OCH3 is 1. The Morgan fingerprint density at radius 3 is 2.89 bits per heavy atom. The Morgan fingerprint density at radius 2 is 2.22 bits per heavy atom. The molecule has 0 aliphatic rings. The second-order valence-electron chi connectivity index (χ2n) is 3.74. The summed E-state index contributed by atoms with van der Waals surface area (Å²) in [6.07, 6.45) is 0. The van der Waals surface area contributed by atoms with E-state index in [4.69, 9.17) is 16.3 Å². The molecular formula is C13H13ClN2O2. The van der Waals surface area contributed by atoms with E-state index in [2.05, 4.69) is 10.3 Å². The molecule has 0 atom stereocenters. The quantitative estimate of drug-likeness (QED) is 0.927. The van der Waals surface area contributed by atoms with Gasteiger partial charge in [0.1, 0.15) is 5.56 Å². The molecule has 0 aliphatic heterocycles. The molecule has 0 saturated carbocycles. The van der Waals surface area contributed by atoms with Crippen LogP contribution < -0.4 is 10.1 Å². The molecule has 0 radical (unpaired) electrons. The second kappa shape index (κ2) is 5.23. The lowest BCUT2D eigenvalue weighted by molar-refractivity contribution is 0.0952. The molecule has 0 unspecified atom stereocenters. The number of benzene rings is 1. The highest BCUT2D eigenvalue weighted by atomic mass is 35.5. The van der Waals surface area contributed by atoms with Gasteiger partial charge in [-0.15, -0.1) is 0 Å². The molecule has 1 aromatic carbocycles. The van der Waals surface area contributed by atoms with Crippen molar-refractivity contribution < 1.29 is 9.53 Å². The predicted octanol–water partition coefficient (Wildman–Crippen LogP) is 2.65. The largest absolute Gasteiger partial charge is 0.480 e. The van der Waals surface area contributed by atoms with Crippen LogP contribution in [0.3, 0.4) is 0 Å². The predicted molar refractivity (Wildman–Crippen MR) is 71.3 cm³/mol. The van der Waals surface area contributed by atoms with Gasteiger partial charge in [0.2, 0.25) is 5.88 Å². The van der Waals surface area contributed by atoms with Crippen molar-refractivity contribution in [1.29, 1.82) is 0 Å². The number of hydrogen-bond donors (Lipinski definition) is 1. The summed E-state index contributed by atoms with van der Waals surface area (Å²) in [4.78, 5) is 16.2. The molecule has 0 spiro atoms. The number of carbonyl (C=O) groups excluding carboxylic acids is 1. The van der Waals surface area contributed by atoms with E-state index < -0.39 is 0 Å². The number of nitrogens with one attached hydrogen (secondary N) is 1. The number of halogens is 1. The van der Waals surface area contributed by atoms with Crippen LogP contribution in [0, 0.1) is 0 Å². The Morgan fingerprint density at radius 1 is 1.44 bits per heavy atom. The Balaban J connectivity index is 2.60. The minimum atomic E-state index is -0.205. The summed E-state index contributed by atoms with van der Waals surface area (Å²) in [6.45, 7) is 2.41. The number of pyridine rings is 1. The van der Waals surface area contributed by atoms with Gasteiger partial charge in [-0.25, -0.2) is 4.98 Å². The average molecular weight is 265 g/mol. The van der Waals surface area contributed by atoms with Crippen LogP contribution in [0.2, 0.25) is 5.02 Å². The van der Waals surface area contributed by atoms with Crippen molar-refractivity contribution in [3.8, 4) is 5.88 Å². The molecule has 0 bridgehead atoms. The van der Waals surface area contributed by atoms with Gasteiger partial charge < -0.3 is 10.1 Å².